The number of hydrogen-bond donors (Lipinski definition) is 1. The van der Waals surface area contributed by atoms with E-state index in [1.54, 1.807) is 0 Å². The molecule has 0 aliphatic rings. The molecule has 1 nitrogen and oxygen atoms in total. The standard InChI is InChI=1S/C17H17N/c1-2-9-17(14-15-10-5-3-6-11-15)18-16-12-7-4-8-13-16/h2-8,10-14,18H,1,9H2/b17-14+. The second-order valence-electron chi connectivity index (χ2n) is 4.06. The third-order valence-electron chi connectivity index (χ3n) is 2.58. The monoisotopic (exact) mass is 235 g/mol. The van der Waals surface area contributed by atoms with Gasteiger partial charge in [-0.2, -0.15) is 0 Å². The molecular weight excluding hydrogens is 218 g/mol. The van der Waals surface area contributed by atoms with Crippen molar-refractivity contribution in [2.45, 2.75) is 6.42 Å². The molecule has 0 aromatic heterocycles. The van der Waals surface area contributed by atoms with E-state index in [9.17, 15) is 0 Å². The van der Waals surface area contributed by atoms with Crippen molar-refractivity contribution in [3.63, 3.8) is 0 Å². The largest absolute Gasteiger partial charge is 0.359 e. The number of allylic oxidation sites excluding steroid dienone is 1. The Morgan fingerprint density at radius 3 is 2.17 bits per heavy atom. The van der Waals surface area contributed by atoms with Crippen LogP contribution in [0.4, 0.5) is 5.69 Å². The Bertz CT molecular complexity index is 512. The lowest BCUT2D eigenvalue weighted by molar-refractivity contribution is 1.24. The number of anilines is 1. The second kappa shape index (κ2) is 6.45. The highest BCUT2D eigenvalue weighted by Crippen LogP contribution is 2.15. The number of hydrogen-bond acceptors (Lipinski definition) is 1. The van der Waals surface area contributed by atoms with Gasteiger partial charge in [0.25, 0.3) is 0 Å². The van der Waals surface area contributed by atoms with E-state index in [-0.39, 0.29) is 0 Å². The van der Waals surface area contributed by atoms with Gasteiger partial charge >= 0.3 is 0 Å². The van der Waals surface area contributed by atoms with Crippen LogP contribution in [0.2, 0.25) is 0 Å². The summed E-state index contributed by atoms with van der Waals surface area (Å²) in [6.45, 7) is 3.80. The lowest BCUT2D eigenvalue weighted by Crippen LogP contribution is -1.98. The Labute approximate surface area is 108 Å². The quantitative estimate of drug-likeness (QED) is 0.740. The fourth-order valence-corrected chi connectivity index (χ4v) is 1.76. The molecule has 2 aromatic rings. The normalized spacial score (nSPS) is 11.0. The molecule has 2 aromatic carbocycles. The molecule has 0 radical (unpaired) electrons. The fraction of sp³-hybridized carbons (Fsp3) is 0.0588. The van der Waals surface area contributed by atoms with Crippen molar-refractivity contribution in [3.8, 4) is 0 Å². The maximum Gasteiger partial charge on any atom is 0.0381 e. The lowest BCUT2D eigenvalue weighted by atomic mass is 10.1. The third kappa shape index (κ3) is 3.63. The number of rotatable bonds is 5. The first-order valence-electron chi connectivity index (χ1n) is 6.07. The van der Waals surface area contributed by atoms with Crippen LogP contribution in [0.5, 0.6) is 0 Å². The summed E-state index contributed by atoms with van der Waals surface area (Å²) in [5.41, 5.74) is 3.43. The Balaban J connectivity index is 2.18. The molecule has 90 valence electrons. The minimum Gasteiger partial charge on any atom is -0.359 e. The zero-order valence-electron chi connectivity index (χ0n) is 10.3. The van der Waals surface area contributed by atoms with Gasteiger partial charge in [-0.25, -0.2) is 0 Å². The third-order valence-corrected chi connectivity index (χ3v) is 2.58. The molecule has 2 rings (SSSR count). The highest BCUT2D eigenvalue weighted by molar-refractivity contribution is 5.60. The predicted molar refractivity (Wildman–Crippen MR) is 79.3 cm³/mol. The average Bonchev–Trinajstić information content (AvgIpc) is 2.41. The molecule has 0 unspecified atom stereocenters. The van der Waals surface area contributed by atoms with Crippen LogP contribution in [0.25, 0.3) is 6.08 Å². The van der Waals surface area contributed by atoms with E-state index < -0.39 is 0 Å². The van der Waals surface area contributed by atoms with Crippen molar-refractivity contribution in [2.75, 3.05) is 5.32 Å². The first kappa shape index (κ1) is 12.2. The summed E-state index contributed by atoms with van der Waals surface area (Å²) in [5, 5.41) is 3.42. The van der Waals surface area contributed by atoms with Gasteiger partial charge < -0.3 is 5.32 Å². The Morgan fingerprint density at radius 2 is 1.56 bits per heavy atom. The average molecular weight is 235 g/mol. The Hall–Kier alpha value is -2.28. The molecule has 0 fully saturated rings. The van der Waals surface area contributed by atoms with Gasteiger partial charge in [0.1, 0.15) is 0 Å². The van der Waals surface area contributed by atoms with E-state index in [2.05, 4.69) is 42.2 Å². The van der Waals surface area contributed by atoms with Crippen molar-refractivity contribution >= 4 is 11.8 Å². The van der Waals surface area contributed by atoms with Crippen LogP contribution in [0.3, 0.4) is 0 Å². The lowest BCUT2D eigenvalue weighted by Gasteiger charge is -2.09. The summed E-state index contributed by atoms with van der Waals surface area (Å²) in [4.78, 5) is 0. The van der Waals surface area contributed by atoms with Gasteiger partial charge in [0.15, 0.2) is 0 Å². The SMILES string of the molecule is C=CC/C(=C\c1ccccc1)Nc1ccccc1. The summed E-state index contributed by atoms with van der Waals surface area (Å²) < 4.78 is 0. The molecule has 0 saturated heterocycles. The number of nitrogens with one attached hydrogen (secondary N) is 1. The van der Waals surface area contributed by atoms with Gasteiger partial charge in [-0.05, 0) is 23.8 Å². The Morgan fingerprint density at radius 1 is 0.944 bits per heavy atom. The minimum atomic E-state index is 0.823. The molecule has 0 spiro atoms. The van der Waals surface area contributed by atoms with E-state index >= 15 is 0 Å². The molecule has 0 amide bonds. The van der Waals surface area contributed by atoms with Gasteiger partial charge in [-0.15, -0.1) is 6.58 Å². The van der Waals surface area contributed by atoms with Gasteiger partial charge in [-0.1, -0.05) is 54.6 Å². The summed E-state index contributed by atoms with van der Waals surface area (Å²) in [7, 11) is 0. The molecule has 0 heterocycles. The van der Waals surface area contributed by atoms with E-state index in [1.165, 1.54) is 5.56 Å². The molecule has 0 aliphatic carbocycles. The van der Waals surface area contributed by atoms with Gasteiger partial charge in [0, 0.05) is 17.8 Å². The van der Waals surface area contributed by atoms with Crippen LogP contribution >= 0.6 is 0 Å². The van der Waals surface area contributed by atoms with Crippen LogP contribution in [0.1, 0.15) is 12.0 Å². The van der Waals surface area contributed by atoms with Crippen molar-refractivity contribution in [2.24, 2.45) is 0 Å². The molecule has 0 saturated carbocycles. The number of para-hydroxylation sites is 1. The van der Waals surface area contributed by atoms with E-state index in [0.717, 1.165) is 17.8 Å². The molecule has 0 atom stereocenters. The van der Waals surface area contributed by atoms with Crippen molar-refractivity contribution < 1.29 is 0 Å². The highest BCUT2D eigenvalue weighted by atomic mass is 14.9. The van der Waals surface area contributed by atoms with Crippen molar-refractivity contribution in [1.82, 2.24) is 0 Å². The van der Waals surface area contributed by atoms with E-state index in [4.69, 9.17) is 0 Å². The maximum atomic E-state index is 3.80. The minimum absolute atomic E-state index is 0.823. The van der Waals surface area contributed by atoms with Crippen LogP contribution in [0, 0.1) is 0 Å². The van der Waals surface area contributed by atoms with Gasteiger partial charge in [0.2, 0.25) is 0 Å². The maximum absolute atomic E-state index is 3.80. The zero-order chi connectivity index (χ0) is 12.6. The fourth-order valence-electron chi connectivity index (χ4n) is 1.76. The molecule has 0 bridgehead atoms. The van der Waals surface area contributed by atoms with Gasteiger partial charge in [-0.3, -0.25) is 0 Å². The molecule has 0 aliphatic heterocycles. The zero-order valence-corrected chi connectivity index (χ0v) is 10.3. The topological polar surface area (TPSA) is 12.0 Å². The van der Waals surface area contributed by atoms with E-state index in [1.807, 2.05) is 42.5 Å². The Kier molecular flexibility index (Phi) is 4.37. The van der Waals surface area contributed by atoms with Crippen LogP contribution in [-0.2, 0) is 0 Å². The predicted octanol–water partition coefficient (Wildman–Crippen LogP) is 4.72. The number of benzene rings is 2. The summed E-state index contributed by atoms with van der Waals surface area (Å²) in [5.74, 6) is 0. The van der Waals surface area contributed by atoms with Crippen molar-refractivity contribution in [3.05, 3.63) is 84.6 Å². The summed E-state index contributed by atoms with van der Waals surface area (Å²) >= 11 is 0. The van der Waals surface area contributed by atoms with Crippen LogP contribution in [0.15, 0.2) is 79.0 Å². The van der Waals surface area contributed by atoms with E-state index in [0.29, 0.717) is 0 Å². The molecule has 1 heteroatoms. The molecule has 18 heavy (non-hydrogen) atoms. The van der Waals surface area contributed by atoms with Crippen LogP contribution in [-0.4, -0.2) is 0 Å². The molecular formula is C17H17N. The summed E-state index contributed by atoms with van der Waals surface area (Å²) in [6.07, 6.45) is 4.88. The van der Waals surface area contributed by atoms with Gasteiger partial charge in [0.05, 0.1) is 0 Å². The smallest absolute Gasteiger partial charge is 0.0381 e. The van der Waals surface area contributed by atoms with Crippen LogP contribution < -0.4 is 5.32 Å². The summed E-state index contributed by atoms with van der Waals surface area (Å²) in [6, 6.07) is 20.5. The first-order chi connectivity index (χ1) is 8.88. The highest BCUT2D eigenvalue weighted by Gasteiger charge is 1.96. The first-order valence-corrected chi connectivity index (χ1v) is 6.07. The second-order valence-corrected chi connectivity index (χ2v) is 4.06. The van der Waals surface area contributed by atoms with Crippen molar-refractivity contribution in [1.29, 1.82) is 0 Å². The molecule has 1 N–H and O–H groups in total.